The Hall–Kier alpha value is -1.49. The van der Waals surface area contributed by atoms with Gasteiger partial charge >= 0.3 is 6.09 Å². The number of hydrogen-bond donors (Lipinski definition) is 2. The Labute approximate surface area is 139 Å². The van der Waals surface area contributed by atoms with Gasteiger partial charge in [0.2, 0.25) is 0 Å². The molecular weight excluding hydrogens is 292 g/mol. The molecule has 1 amide bonds. The van der Waals surface area contributed by atoms with Crippen LogP contribution in [0.4, 0.5) is 4.79 Å². The molecule has 0 spiro atoms. The average Bonchev–Trinajstić information content (AvgIpc) is 2.89. The van der Waals surface area contributed by atoms with Gasteiger partial charge in [-0.05, 0) is 65.5 Å². The summed E-state index contributed by atoms with van der Waals surface area (Å²) in [5.41, 5.74) is -0.450. The molecule has 5 nitrogen and oxygen atoms in total. The maximum absolute atomic E-state index is 11.9. The Kier molecular flexibility index (Phi) is 6.10. The SMILES string of the molecule is CC(Cc1ccco1)NC1CCCC(NC(=O)OC(C)(C)C)C1. The Bertz CT molecular complexity index is 479. The van der Waals surface area contributed by atoms with Gasteiger partial charge < -0.3 is 19.8 Å². The molecule has 1 aromatic heterocycles. The van der Waals surface area contributed by atoms with Crippen LogP contribution in [-0.2, 0) is 11.2 Å². The molecule has 0 radical (unpaired) electrons. The van der Waals surface area contributed by atoms with E-state index in [2.05, 4.69) is 17.6 Å². The predicted molar refractivity (Wildman–Crippen MR) is 90.4 cm³/mol. The molecule has 23 heavy (non-hydrogen) atoms. The van der Waals surface area contributed by atoms with Crippen molar-refractivity contribution in [3.8, 4) is 0 Å². The summed E-state index contributed by atoms with van der Waals surface area (Å²) in [7, 11) is 0. The summed E-state index contributed by atoms with van der Waals surface area (Å²) in [5, 5.41) is 6.66. The minimum absolute atomic E-state index is 0.187. The van der Waals surface area contributed by atoms with E-state index >= 15 is 0 Å². The molecule has 0 aliphatic heterocycles. The number of amides is 1. The van der Waals surface area contributed by atoms with Gasteiger partial charge in [0.25, 0.3) is 0 Å². The lowest BCUT2D eigenvalue weighted by Crippen LogP contribution is -2.47. The Balaban J connectivity index is 1.75. The summed E-state index contributed by atoms with van der Waals surface area (Å²) in [6, 6.07) is 4.89. The van der Waals surface area contributed by atoms with Crippen LogP contribution < -0.4 is 10.6 Å². The predicted octanol–water partition coefficient (Wildman–Crippen LogP) is 3.64. The number of furan rings is 1. The zero-order valence-electron chi connectivity index (χ0n) is 14.7. The van der Waals surface area contributed by atoms with E-state index in [1.165, 1.54) is 0 Å². The third kappa shape index (κ3) is 6.65. The Morgan fingerprint density at radius 3 is 2.78 bits per heavy atom. The van der Waals surface area contributed by atoms with Crippen LogP contribution in [0.15, 0.2) is 22.8 Å². The molecule has 2 rings (SSSR count). The molecule has 130 valence electrons. The number of carbonyl (C=O) groups excluding carboxylic acids is 1. The van der Waals surface area contributed by atoms with Crippen molar-refractivity contribution < 1.29 is 13.9 Å². The molecule has 1 aliphatic rings. The average molecular weight is 322 g/mol. The van der Waals surface area contributed by atoms with E-state index in [1.54, 1.807) is 6.26 Å². The smallest absolute Gasteiger partial charge is 0.407 e. The van der Waals surface area contributed by atoms with E-state index in [4.69, 9.17) is 9.15 Å². The topological polar surface area (TPSA) is 63.5 Å². The highest BCUT2D eigenvalue weighted by Crippen LogP contribution is 2.20. The summed E-state index contributed by atoms with van der Waals surface area (Å²) in [6.07, 6.45) is 6.51. The second kappa shape index (κ2) is 7.86. The lowest BCUT2D eigenvalue weighted by molar-refractivity contribution is 0.0488. The van der Waals surface area contributed by atoms with Crippen molar-refractivity contribution in [3.63, 3.8) is 0 Å². The van der Waals surface area contributed by atoms with E-state index < -0.39 is 5.60 Å². The summed E-state index contributed by atoms with van der Waals surface area (Å²) in [6.45, 7) is 7.82. The summed E-state index contributed by atoms with van der Waals surface area (Å²) < 4.78 is 10.7. The van der Waals surface area contributed by atoms with Crippen LogP contribution in [-0.4, -0.2) is 29.8 Å². The fourth-order valence-corrected chi connectivity index (χ4v) is 3.14. The number of nitrogens with one attached hydrogen (secondary N) is 2. The number of ether oxygens (including phenoxy) is 1. The van der Waals surface area contributed by atoms with E-state index in [1.807, 2.05) is 32.9 Å². The first kappa shape index (κ1) is 17.9. The van der Waals surface area contributed by atoms with Gasteiger partial charge in [0.05, 0.1) is 6.26 Å². The fourth-order valence-electron chi connectivity index (χ4n) is 3.14. The first-order chi connectivity index (χ1) is 10.8. The van der Waals surface area contributed by atoms with Crippen molar-refractivity contribution >= 4 is 6.09 Å². The first-order valence-corrected chi connectivity index (χ1v) is 8.60. The summed E-state index contributed by atoms with van der Waals surface area (Å²) in [5.74, 6) is 1.00. The van der Waals surface area contributed by atoms with Crippen LogP contribution in [0.1, 0.15) is 59.1 Å². The molecular formula is C18H30N2O3. The van der Waals surface area contributed by atoms with Crippen LogP contribution in [0.3, 0.4) is 0 Å². The highest BCUT2D eigenvalue weighted by atomic mass is 16.6. The standard InChI is InChI=1S/C18H30N2O3/c1-13(11-16-9-6-10-22-16)19-14-7-5-8-15(12-14)20-17(21)23-18(2,3)4/h6,9-10,13-15,19H,5,7-8,11-12H2,1-4H3,(H,20,21). The fraction of sp³-hybridized carbons (Fsp3) is 0.722. The van der Waals surface area contributed by atoms with E-state index in [-0.39, 0.29) is 12.1 Å². The molecule has 0 aromatic carbocycles. The zero-order chi connectivity index (χ0) is 16.9. The van der Waals surface area contributed by atoms with Gasteiger partial charge in [-0.25, -0.2) is 4.79 Å². The molecule has 5 heteroatoms. The van der Waals surface area contributed by atoms with Crippen molar-refractivity contribution in [2.24, 2.45) is 0 Å². The molecule has 1 saturated carbocycles. The quantitative estimate of drug-likeness (QED) is 0.869. The molecule has 1 aliphatic carbocycles. The minimum atomic E-state index is -0.450. The molecule has 1 heterocycles. The lowest BCUT2D eigenvalue weighted by Gasteiger charge is -2.32. The number of rotatable bonds is 5. The van der Waals surface area contributed by atoms with Crippen LogP contribution in [0.25, 0.3) is 0 Å². The third-order valence-corrected chi connectivity index (χ3v) is 4.00. The highest BCUT2D eigenvalue weighted by Gasteiger charge is 2.26. The normalized spacial score (nSPS) is 23.3. The van der Waals surface area contributed by atoms with Crippen molar-refractivity contribution in [1.82, 2.24) is 10.6 Å². The molecule has 3 unspecified atom stereocenters. The van der Waals surface area contributed by atoms with Gasteiger partial charge in [0, 0.05) is 24.5 Å². The van der Waals surface area contributed by atoms with Gasteiger partial charge in [-0.3, -0.25) is 0 Å². The number of hydrogen-bond acceptors (Lipinski definition) is 4. The summed E-state index contributed by atoms with van der Waals surface area (Å²) >= 11 is 0. The van der Waals surface area contributed by atoms with Gasteiger partial charge in [-0.1, -0.05) is 0 Å². The third-order valence-electron chi connectivity index (χ3n) is 4.00. The van der Waals surface area contributed by atoms with E-state index in [0.717, 1.165) is 37.9 Å². The van der Waals surface area contributed by atoms with E-state index in [9.17, 15) is 4.79 Å². The van der Waals surface area contributed by atoms with Crippen molar-refractivity contribution in [1.29, 1.82) is 0 Å². The van der Waals surface area contributed by atoms with E-state index in [0.29, 0.717) is 12.1 Å². The molecule has 0 saturated heterocycles. The second-order valence-corrected chi connectivity index (χ2v) is 7.56. The number of alkyl carbamates (subject to hydrolysis) is 1. The van der Waals surface area contributed by atoms with Gasteiger partial charge in [-0.15, -0.1) is 0 Å². The maximum Gasteiger partial charge on any atom is 0.407 e. The summed E-state index contributed by atoms with van der Waals surface area (Å²) in [4.78, 5) is 11.9. The largest absolute Gasteiger partial charge is 0.469 e. The lowest BCUT2D eigenvalue weighted by atomic mass is 9.90. The van der Waals surface area contributed by atoms with Crippen molar-refractivity contribution in [3.05, 3.63) is 24.2 Å². The van der Waals surface area contributed by atoms with Crippen molar-refractivity contribution in [2.45, 2.75) is 83.5 Å². The van der Waals surface area contributed by atoms with Crippen LogP contribution >= 0.6 is 0 Å². The Morgan fingerprint density at radius 1 is 1.39 bits per heavy atom. The highest BCUT2D eigenvalue weighted by molar-refractivity contribution is 5.68. The number of carbonyl (C=O) groups is 1. The monoisotopic (exact) mass is 322 g/mol. The first-order valence-electron chi connectivity index (χ1n) is 8.60. The Morgan fingerprint density at radius 2 is 2.13 bits per heavy atom. The maximum atomic E-state index is 11.9. The second-order valence-electron chi connectivity index (χ2n) is 7.56. The van der Waals surface area contributed by atoms with Gasteiger partial charge in [-0.2, -0.15) is 0 Å². The van der Waals surface area contributed by atoms with Gasteiger partial charge in [0.15, 0.2) is 0 Å². The van der Waals surface area contributed by atoms with Crippen LogP contribution in [0.5, 0.6) is 0 Å². The molecule has 0 bridgehead atoms. The molecule has 3 atom stereocenters. The van der Waals surface area contributed by atoms with Crippen molar-refractivity contribution in [2.75, 3.05) is 0 Å². The van der Waals surface area contributed by atoms with Gasteiger partial charge in [0.1, 0.15) is 11.4 Å². The molecule has 2 N–H and O–H groups in total. The molecule has 1 fully saturated rings. The molecule has 1 aromatic rings. The minimum Gasteiger partial charge on any atom is -0.469 e. The zero-order valence-corrected chi connectivity index (χ0v) is 14.7. The van der Waals surface area contributed by atoms with Crippen LogP contribution in [0.2, 0.25) is 0 Å². The van der Waals surface area contributed by atoms with Crippen LogP contribution in [0, 0.1) is 0 Å².